The highest BCUT2D eigenvalue weighted by molar-refractivity contribution is 5.45. The lowest BCUT2D eigenvalue weighted by Crippen LogP contribution is -2.33. The minimum Gasteiger partial charge on any atom is -0.385 e. The first-order valence-corrected chi connectivity index (χ1v) is 6.50. The molecule has 2 rings (SSSR count). The number of pyridine rings is 1. The summed E-state index contributed by atoms with van der Waals surface area (Å²) < 4.78 is 0. The summed E-state index contributed by atoms with van der Waals surface area (Å²) in [5.74, 6) is 1.09. The number of aryl methyl sites for hydroxylation is 1. The minimum absolute atomic E-state index is 0.481. The Hall–Kier alpha value is -1.09. The molecule has 0 saturated heterocycles. The lowest BCUT2D eigenvalue weighted by Gasteiger charge is -2.37. The monoisotopic (exact) mass is 234 g/mol. The fourth-order valence-electron chi connectivity index (χ4n) is 2.91. The summed E-state index contributed by atoms with van der Waals surface area (Å²) in [4.78, 5) is 4.17. The summed E-state index contributed by atoms with van der Waals surface area (Å²) >= 11 is 0. The highest BCUT2D eigenvalue weighted by atomic mass is 16.3. The van der Waals surface area contributed by atoms with Gasteiger partial charge in [0.05, 0.1) is 5.60 Å². The van der Waals surface area contributed by atoms with E-state index in [-0.39, 0.29) is 0 Å². The summed E-state index contributed by atoms with van der Waals surface area (Å²) in [6.07, 6.45) is 6.79. The van der Waals surface area contributed by atoms with E-state index in [4.69, 9.17) is 5.73 Å². The van der Waals surface area contributed by atoms with E-state index in [9.17, 15) is 5.11 Å². The number of nitrogen functional groups attached to an aromatic ring is 1. The van der Waals surface area contributed by atoms with E-state index in [2.05, 4.69) is 11.9 Å². The topological polar surface area (TPSA) is 59.1 Å². The zero-order valence-corrected chi connectivity index (χ0v) is 10.7. The van der Waals surface area contributed by atoms with Gasteiger partial charge in [-0.1, -0.05) is 19.8 Å². The number of hydrogen-bond donors (Lipinski definition) is 2. The van der Waals surface area contributed by atoms with Gasteiger partial charge < -0.3 is 10.8 Å². The molecule has 1 aromatic rings. The van der Waals surface area contributed by atoms with Crippen LogP contribution in [0.25, 0.3) is 0 Å². The van der Waals surface area contributed by atoms with Gasteiger partial charge in [-0.15, -0.1) is 0 Å². The van der Waals surface area contributed by atoms with Gasteiger partial charge in [0.2, 0.25) is 0 Å². The van der Waals surface area contributed by atoms with Crippen molar-refractivity contribution in [2.45, 2.75) is 51.6 Å². The largest absolute Gasteiger partial charge is 0.385 e. The zero-order chi connectivity index (χ0) is 12.5. The van der Waals surface area contributed by atoms with Gasteiger partial charge in [-0.05, 0) is 43.7 Å². The number of hydrogen-bond acceptors (Lipinski definition) is 3. The van der Waals surface area contributed by atoms with Crippen molar-refractivity contribution < 1.29 is 5.11 Å². The van der Waals surface area contributed by atoms with Gasteiger partial charge in [0.25, 0.3) is 0 Å². The summed E-state index contributed by atoms with van der Waals surface area (Å²) in [6.45, 7) is 4.17. The van der Waals surface area contributed by atoms with E-state index in [0.717, 1.165) is 36.8 Å². The van der Waals surface area contributed by atoms with Crippen molar-refractivity contribution in [3.63, 3.8) is 0 Å². The normalized spacial score (nSPS) is 29.2. The van der Waals surface area contributed by atoms with Crippen LogP contribution in [0.1, 0.15) is 50.2 Å². The molecule has 0 aliphatic heterocycles. The third-order valence-corrected chi connectivity index (χ3v) is 3.96. The molecule has 17 heavy (non-hydrogen) atoms. The molecule has 1 aromatic heterocycles. The Balaban J connectivity index is 2.33. The van der Waals surface area contributed by atoms with Gasteiger partial charge in [-0.2, -0.15) is 0 Å². The van der Waals surface area contributed by atoms with Crippen molar-refractivity contribution in [2.24, 2.45) is 5.92 Å². The third kappa shape index (κ3) is 2.44. The Kier molecular flexibility index (Phi) is 3.38. The Morgan fingerprint density at radius 3 is 3.06 bits per heavy atom. The van der Waals surface area contributed by atoms with Gasteiger partial charge in [0, 0.05) is 11.8 Å². The number of aromatic nitrogens is 1. The molecular weight excluding hydrogens is 212 g/mol. The molecule has 0 amide bonds. The predicted octanol–water partition coefficient (Wildman–Crippen LogP) is 2.76. The average molecular weight is 234 g/mol. The molecule has 0 spiro atoms. The average Bonchev–Trinajstić information content (AvgIpc) is 2.32. The highest BCUT2D eigenvalue weighted by Crippen LogP contribution is 2.42. The van der Waals surface area contributed by atoms with Crippen LogP contribution in [0.15, 0.2) is 12.3 Å². The van der Waals surface area contributed by atoms with Crippen molar-refractivity contribution in [1.82, 2.24) is 4.98 Å². The molecule has 0 aromatic carbocycles. The highest BCUT2D eigenvalue weighted by Gasteiger charge is 2.37. The van der Waals surface area contributed by atoms with E-state index in [1.165, 1.54) is 6.42 Å². The molecule has 1 aliphatic carbocycles. The molecule has 94 valence electrons. The number of aliphatic hydroxyl groups is 1. The van der Waals surface area contributed by atoms with Crippen molar-refractivity contribution >= 4 is 5.82 Å². The van der Waals surface area contributed by atoms with Crippen molar-refractivity contribution in [3.8, 4) is 0 Å². The van der Waals surface area contributed by atoms with Crippen LogP contribution in [0, 0.1) is 12.8 Å². The molecule has 3 nitrogen and oxygen atoms in total. The van der Waals surface area contributed by atoms with Gasteiger partial charge in [-0.25, -0.2) is 4.98 Å². The summed E-state index contributed by atoms with van der Waals surface area (Å²) in [6, 6.07) is 1.99. The third-order valence-electron chi connectivity index (χ3n) is 3.96. The fourth-order valence-corrected chi connectivity index (χ4v) is 2.91. The van der Waals surface area contributed by atoms with Crippen LogP contribution >= 0.6 is 0 Å². The molecule has 3 N–H and O–H groups in total. The Bertz CT molecular complexity index is 405. The van der Waals surface area contributed by atoms with Crippen LogP contribution in [0.4, 0.5) is 5.82 Å². The number of nitrogens with two attached hydrogens (primary N) is 1. The van der Waals surface area contributed by atoms with Gasteiger partial charge in [0.1, 0.15) is 5.82 Å². The Morgan fingerprint density at radius 1 is 1.59 bits per heavy atom. The first kappa shape index (κ1) is 12.4. The fraction of sp³-hybridized carbons (Fsp3) is 0.643. The van der Waals surface area contributed by atoms with Gasteiger partial charge in [-0.3, -0.25) is 0 Å². The number of anilines is 1. The maximum Gasteiger partial charge on any atom is 0.129 e. The first-order chi connectivity index (χ1) is 8.05. The van der Waals surface area contributed by atoms with E-state index in [0.29, 0.717) is 11.7 Å². The lowest BCUT2D eigenvalue weighted by molar-refractivity contribution is -0.0213. The molecule has 1 heterocycles. The molecule has 1 saturated carbocycles. The smallest absolute Gasteiger partial charge is 0.129 e. The number of nitrogens with zero attached hydrogens (tertiary/aromatic N) is 1. The maximum atomic E-state index is 10.8. The second-order valence-electron chi connectivity index (χ2n) is 5.35. The van der Waals surface area contributed by atoms with E-state index < -0.39 is 5.60 Å². The van der Waals surface area contributed by atoms with Crippen LogP contribution < -0.4 is 5.73 Å². The van der Waals surface area contributed by atoms with E-state index in [1.807, 2.05) is 13.0 Å². The standard InChI is InChI=1S/C14H22N2O/c1-3-11-5-4-6-14(17,8-11)12-7-10(2)9-16-13(12)15/h7,9,11,17H,3-6,8H2,1-2H3,(H2,15,16). The summed E-state index contributed by atoms with van der Waals surface area (Å²) in [7, 11) is 0. The van der Waals surface area contributed by atoms with Crippen LogP contribution in [0.5, 0.6) is 0 Å². The van der Waals surface area contributed by atoms with Crippen LogP contribution in [0.2, 0.25) is 0 Å². The molecule has 2 unspecified atom stereocenters. The minimum atomic E-state index is -0.762. The predicted molar refractivity (Wildman–Crippen MR) is 69.5 cm³/mol. The maximum absolute atomic E-state index is 10.8. The van der Waals surface area contributed by atoms with Gasteiger partial charge >= 0.3 is 0 Å². The lowest BCUT2D eigenvalue weighted by atomic mass is 9.73. The summed E-state index contributed by atoms with van der Waals surface area (Å²) in [5, 5.41) is 10.8. The first-order valence-electron chi connectivity index (χ1n) is 6.50. The van der Waals surface area contributed by atoms with Crippen molar-refractivity contribution in [1.29, 1.82) is 0 Å². The Labute approximate surface area is 103 Å². The molecule has 3 heteroatoms. The van der Waals surface area contributed by atoms with E-state index in [1.54, 1.807) is 6.20 Å². The molecule has 1 aliphatic rings. The molecule has 0 bridgehead atoms. The summed E-state index contributed by atoms with van der Waals surface area (Å²) in [5.41, 5.74) is 7.05. The quantitative estimate of drug-likeness (QED) is 0.827. The van der Waals surface area contributed by atoms with Crippen molar-refractivity contribution in [3.05, 3.63) is 23.4 Å². The second-order valence-corrected chi connectivity index (χ2v) is 5.35. The van der Waals surface area contributed by atoms with Gasteiger partial charge in [0.15, 0.2) is 0 Å². The Morgan fingerprint density at radius 2 is 2.35 bits per heavy atom. The van der Waals surface area contributed by atoms with Crippen molar-refractivity contribution in [2.75, 3.05) is 5.73 Å². The molecular formula is C14H22N2O. The molecule has 1 fully saturated rings. The zero-order valence-electron chi connectivity index (χ0n) is 10.7. The SMILES string of the molecule is CCC1CCCC(O)(c2cc(C)cnc2N)C1. The molecule has 2 atom stereocenters. The second kappa shape index (κ2) is 4.65. The van der Waals surface area contributed by atoms with E-state index >= 15 is 0 Å². The van der Waals surface area contributed by atoms with Crippen LogP contribution in [-0.2, 0) is 5.60 Å². The van der Waals surface area contributed by atoms with Crippen LogP contribution in [0.3, 0.4) is 0 Å². The molecule has 0 radical (unpaired) electrons. The van der Waals surface area contributed by atoms with Crippen LogP contribution in [-0.4, -0.2) is 10.1 Å². The number of rotatable bonds is 2.